The molecule has 142 valence electrons. The molecule has 4 rings (SSSR count). The van der Waals surface area contributed by atoms with E-state index in [0.717, 1.165) is 0 Å². The number of thioether (sulfide) groups is 1. The third-order valence-electron chi connectivity index (χ3n) is 4.22. The van der Waals surface area contributed by atoms with E-state index in [1.165, 1.54) is 21.1 Å². The molecule has 0 spiro atoms. The Morgan fingerprint density at radius 3 is 2.79 bits per heavy atom. The Labute approximate surface area is 170 Å². The van der Waals surface area contributed by atoms with Crippen molar-refractivity contribution in [3.63, 3.8) is 0 Å². The number of nitrogens with zero attached hydrogens (tertiary/aromatic N) is 4. The third-order valence-corrected chi connectivity index (χ3v) is 5.59. The molecule has 0 aliphatic carbocycles. The number of furan rings is 1. The summed E-state index contributed by atoms with van der Waals surface area (Å²) in [7, 11) is 3.61. The molecule has 28 heavy (non-hydrogen) atoms. The first kappa shape index (κ1) is 18.5. The molecular weight excluding hydrogens is 396 g/mol. The van der Waals surface area contributed by atoms with Gasteiger partial charge in [-0.15, -0.1) is 0 Å². The zero-order valence-electron chi connectivity index (χ0n) is 15.2. The van der Waals surface area contributed by atoms with E-state index in [1.54, 1.807) is 61.8 Å². The van der Waals surface area contributed by atoms with Crippen LogP contribution in [0.25, 0.3) is 11.7 Å². The van der Waals surface area contributed by atoms with E-state index in [9.17, 15) is 9.59 Å². The van der Waals surface area contributed by atoms with Crippen molar-refractivity contribution in [2.45, 2.75) is 6.54 Å². The van der Waals surface area contributed by atoms with Gasteiger partial charge in [-0.2, -0.15) is 0 Å². The molecule has 0 bridgehead atoms. The van der Waals surface area contributed by atoms with Crippen molar-refractivity contribution < 1.29 is 9.21 Å². The molecule has 9 heteroatoms. The number of thiocarbonyl (C=S) groups is 1. The van der Waals surface area contributed by atoms with E-state index >= 15 is 0 Å². The number of carbonyl (C=O) groups excluding carboxylic acids is 1. The van der Waals surface area contributed by atoms with E-state index in [-0.39, 0.29) is 18.0 Å². The molecule has 1 aliphatic heterocycles. The number of amides is 1. The number of pyridine rings is 1. The summed E-state index contributed by atoms with van der Waals surface area (Å²) in [5.74, 6) is 0.875. The predicted octanol–water partition coefficient (Wildman–Crippen LogP) is 2.75. The van der Waals surface area contributed by atoms with Gasteiger partial charge in [0.15, 0.2) is 0 Å². The minimum Gasteiger partial charge on any atom is -0.467 e. The van der Waals surface area contributed by atoms with Crippen molar-refractivity contribution in [1.82, 2.24) is 14.3 Å². The normalized spacial score (nSPS) is 15.8. The van der Waals surface area contributed by atoms with Crippen molar-refractivity contribution in [3.05, 3.63) is 69.4 Å². The highest BCUT2D eigenvalue weighted by atomic mass is 32.2. The van der Waals surface area contributed by atoms with E-state index in [1.807, 2.05) is 6.07 Å². The molecule has 4 heterocycles. The Morgan fingerprint density at radius 2 is 2.07 bits per heavy atom. The number of hydrogen-bond acceptors (Lipinski definition) is 7. The molecule has 1 saturated heterocycles. The Bertz CT molecular complexity index is 1170. The fourth-order valence-corrected chi connectivity index (χ4v) is 4.12. The molecule has 0 aromatic carbocycles. The van der Waals surface area contributed by atoms with Crippen LogP contribution in [0, 0.1) is 0 Å². The fourth-order valence-electron chi connectivity index (χ4n) is 2.88. The molecule has 0 unspecified atom stereocenters. The van der Waals surface area contributed by atoms with Gasteiger partial charge in [0.25, 0.3) is 11.5 Å². The minimum atomic E-state index is -0.256. The van der Waals surface area contributed by atoms with Gasteiger partial charge in [0.05, 0.1) is 23.3 Å². The van der Waals surface area contributed by atoms with Crippen LogP contribution in [0.15, 0.2) is 56.9 Å². The summed E-state index contributed by atoms with van der Waals surface area (Å²) in [5, 5.41) is 0. The van der Waals surface area contributed by atoms with Crippen LogP contribution in [-0.2, 0) is 11.3 Å². The van der Waals surface area contributed by atoms with Gasteiger partial charge in [-0.25, -0.2) is 4.98 Å². The Kier molecular flexibility index (Phi) is 4.78. The van der Waals surface area contributed by atoms with Crippen molar-refractivity contribution in [2.75, 3.05) is 19.0 Å². The molecule has 1 aliphatic rings. The largest absolute Gasteiger partial charge is 0.467 e. The van der Waals surface area contributed by atoms with Crippen LogP contribution in [0.1, 0.15) is 11.3 Å². The monoisotopic (exact) mass is 412 g/mol. The highest BCUT2D eigenvalue weighted by molar-refractivity contribution is 8.26. The molecule has 0 radical (unpaired) electrons. The van der Waals surface area contributed by atoms with Crippen LogP contribution < -0.4 is 10.5 Å². The fraction of sp³-hybridized carbons (Fsp3) is 0.158. The Balaban J connectivity index is 1.78. The smallest absolute Gasteiger partial charge is 0.267 e. The van der Waals surface area contributed by atoms with E-state index in [4.69, 9.17) is 16.6 Å². The quantitative estimate of drug-likeness (QED) is 0.482. The zero-order valence-corrected chi connectivity index (χ0v) is 16.8. The van der Waals surface area contributed by atoms with Crippen molar-refractivity contribution in [1.29, 1.82) is 0 Å². The topological polar surface area (TPSA) is 71.1 Å². The van der Waals surface area contributed by atoms with Gasteiger partial charge in [-0.3, -0.25) is 18.9 Å². The second-order valence-corrected chi connectivity index (χ2v) is 8.00. The van der Waals surface area contributed by atoms with Crippen LogP contribution in [-0.4, -0.2) is 38.6 Å². The highest BCUT2D eigenvalue weighted by Gasteiger charge is 2.33. The van der Waals surface area contributed by atoms with Gasteiger partial charge in [-0.1, -0.05) is 30.0 Å². The first-order chi connectivity index (χ1) is 13.5. The Hall–Kier alpha value is -2.91. The molecule has 7 nitrogen and oxygen atoms in total. The van der Waals surface area contributed by atoms with E-state index < -0.39 is 0 Å². The molecule has 0 atom stereocenters. The maximum absolute atomic E-state index is 13.0. The van der Waals surface area contributed by atoms with Crippen molar-refractivity contribution in [2.24, 2.45) is 0 Å². The highest BCUT2D eigenvalue weighted by Crippen LogP contribution is 2.34. The molecule has 3 aromatic rings. The first-order valence-corrected chi connectivity index (χ1v) is 9.64. The SMILES string of the molecule is CN(C)c1nc2ccccn2c(=O)c1/C=C1\SC(=S)N(Cc2ccco2)C1=O. The van der Waals surface area contributed by atoms with Gasteiger partial charge in [-0.05, 0) is 30.3 Å². The van der Waals surface area contributed by atoms with Crippen LogP contribution in [0.3, 0.4) is 0 Å². The minimum absolute atomic E-state index is 0.245. The summed E-state index contributed by atoms with van der Waals surface area (Å²) >= 11 is 6.52. The number of hydrogen-bond donors (Lipinski definition) is 0. The maximum Gasteiger partial charge on any atom is 0.267 e. The zero-order chi connectivity index (χ0) is 19.8. The lowest BCUT2D eigenvalue weighted by atomic mass is 10.2. The predicted molar refractivity (Wildman–Crippen MR) is 113 cm³/mol. The molecule has 0 saturated carbocycles. The summed E-state index contributed by atoms with van der Waals surface area (Å²) in [5.41, 5.74) is 0.636. The molecule has 1 amide bonds. The van der Waals surface area contributed by atoms with E-state index in [0.29, 0.717) is 32.0 Å². The van der Waals surface area contributed by atoms with Gasteiger partial charge in [0, 0.05) is 20.3 Å². The number of anilines is 1. The molecular formula is C19H16N4O3S2. The van der Waals surface area contributed by atoms with Crippen molar-refractivity contribution in [3.8, 4) is 0 Å². The average molecular weight is 412 g/mol. The lowest BCUT2D eigenvalue weighted by Gasteiger charge is -2.15. The van der Waals surface area contributed by atoms with Crippen molar-refractivity contribution >= 4 is 51.7 Å². The summed E-state index contributed by atoms with van der Waals surface area (Å²) in [6.45, 7) is 0.254. The maximum atomic E-state index is 13.0. The lowest BCUT2D eigenvalue weighted by molar-refractivity contribution is -0.122. The summed E-state index contributed by atoms with van der Waals surface area (Å²) in [6.07, 6.45) is 4.78. The first-order valence-electron chi connectivity index (χ1n) is 8.42. The van der Waals surface area contributed by atoms with Gasteiger partial charge in [0.1, 0.15) is 21.5 Å². The molecule has 0 N–H and O–H groups in total. The molecule has 1 fully saturated rings. The van der Waals surface area contributed by atoms with E-state index in [2.05, 4.69) is 4.98 Å². The second-order valence-electron chi connectivity index (χ2n) is 6.32. The second kappa shape index (κ2) is 7.25. The number of carbonyl (C=O) groups is 1. The van der Waals surface area contributed by atoms with Gasteiger partial charge < -0.3 is 9.32 Å². The van der Waals surface area contributed by atoms with Crippen LogP contribution in [0.2, 0.25) is 0 Å². The summed E-state index contributed by atoms with van der Waals surface area (Å²) in [4.78, 5) is 34.1. The average Bonchev–Trinajstić information content (AvgIpc) is 3.28. The van der Waals surface area contributed by atoms with Gasteiger partial charge in [0.2, 0.25) is 0 Å². The number of fused-ring (bicyclic) bond motifs is 1. The number of rotatable bonds is 4. The lowest BCUT2D eigenvalue weighted by Crippen LogP contribution is -2.27. The van der Waals surface area contributed by atoms with Gasteiger partial charge >= 0.3 is 0 Å². The van der Waals surface area contributed by atoms with Crippen LogP contribution in [0.4, 0.5) is 5.82 Å². The van der Waals surface area contributed by atoms with Crippen LogP contribution >= 0.6 is 24.0 Å². The standard InChI is InChI=1S/C19H16N4O3S2/c1-21(2)16-13(17(24)22-8-4-3-7-15(22)20-16)10-14-18(25)23(19(27)28-14)11-12-6-5-9-26-12/h3-10H,11H2,1-2H3/b14-10-. The third kappa shape index (κ3) is 3.23. The number of aromatic nitrogens is 2. The molecule has 3 aromatic heterocycles. The Morgan fingerprint density at radius 1 is 1.25 bits per heavy atom. The summed E-state index contributed by atoms with van der Waals surface area (Å²) < 4.78 is 7.20. The van der Waals surface area contributed by atoms with Crippen LogP contribution in [0.5, 0.6) is 0 Å². The summed E-state index contributed by atoms with van der Waals surface area (Å²) in [6, 6.07) is 8.89.